The molecule has 28 heavy (non-hydrogen) atoms. The average Bonchev–Trinajstić information content (AvgIpc) is 2.69. The van der Waals surface area contributed by atoms with Crippen molar-refractivity contribution >= 4 is 17.6 Å². The third-order valence-electron chi connectivity index (χ3n) is 3.60. The summed E-state index contributed by atoms with van der Waals surface area (Å²) in [6.07, 6.45) is -0.956. The molecular weight excluding hydrogens is 362 g/mol. The summed E-state index contributed by atoms with van der Waals surface area (Å²) in [7, 11) is 0. The van der Waals surface area contributed by atoms with Gasteiger partial charge in [-0.3, -0.25) is 4.79 Å². The van der Waals surface area contributed by atoms with E-state index in [-0.39, 0.29) is 6.61 Å². The Kier molecular flexibility index (Phi) is 8.14. The molecule has 2 aromatic rings. The summed E-state index contributed by atoms with van der Waals surface area (Å²) in [4.78, 5) is 24.1. The van der Waals surface area contributed by atoms with Crippen molar-refractivity contribution in [2.24, 2.45) is 0 Å². The zero-order chi connectivity index (χ0) is 20.4. The van der Waals surface area contributed by atoms with E-state index in [0.717, 1.165) is 5.75 Å². The molecule has 0 radical (unpaired) electrons. The lowest BCUT2D eigenvalue weighted by molar-refractivity contribution is -0.155. The van der Waals surface area contributed by atoms with E-state index >= 15 is 0 Å². The van der Waals surface area contributed by atoms with Gasteiger partial charge in [0.15, 0.2) is 12.7 Å². The van der Waals surface area contributed by atoms with Gasteiger partial charge in [0.25, 0.3) is 5.91 Å². The number of esters is 1. The van der Waals surface area contributed by atoms with Crippen molar-refractivity contribution in [1.29, 1.82) is 0 Å². The fraction of sp³-hybridized carbons (Fsp3) is 0.333. The molecular formula is C21H25NO6. The second-order valence-electron chi connectivity index (χ2n) is 5.77. The van der Waals surface area contributed by atoms with E-state index in [1.54, 1.807) is 48.5 Å². The lowest BCUT2D eigenvalue weighted by atomic mass is 10.3. The van der Waals surface area contributed by atoms with Crippen molar-refractivity contribution in [1.82, 2.24) is 0 Å². The number of hydrogen-bond donors (Lipinski definition) is 1. The molecule has 7 nitrogen and oxygen atoms in total. The first-order valence-electron chi connectivity index (χ1n) is 9.10. The van der Waals surface area contributed by atoms with E-state index < -0.39 is 18.0 Å². The molecule has 0 fully saturated rings. The zero-order valence-corrected chi connectivity index (χ0v) is 16.3. The predicted molar refractivity (Wildman–Crippen MR) is 105 cm³/mol. The Hall–Kier alpha value is -3.22. The molecule has 0 aliphatic heterocycles. The van der Waals surface area contributed by atoms with Crippen LogP contribution >= 0.6 is 0 Å². The van der Waals surface area contributed by atoms with E-state index in [1.165, 1.54) is 6.92 Å². The van der Waals surface area contributed by atoms with Gasteiger partial charge in [-0.15, -0.1) is 0 Å². The van der Waals surface area contributed by atoms with E-state index in [4.69, 9.17) is 18.9 Å². The van der Waals surface area contributed by atoms with Gasteiger partial charge in [-0.2, -0.15) is 0 Å². The third-order valence-corrected chi connectivity index (χ3v) is 3.60. The highest BCUT2D eigenvalue weighted by Gasteiger charge is 2.18. The smallest absolute Gasteiger partial charge is 0.344 e. The van der Waals surface area contributed by atoms with Gasteiger partial charge in [-0.25, -0.2) is 4.79 Å². The Labute approximate surface area is 164 Å². The Bertz CT molecular complexity index is 757. The number of carbonyl (C=O) groups is 2. The first kappa shape index (κ1) is 21.1. The quantitative estimate of drug-likeness (QED) is 0.629. The van der Waals surface area contributed by atoms with Crippen molar-refractivity contribution in [3.8, 4) is 17.2 Å². The molecule has 1 atom stereocenters. The van der Waals surface area contributed by atoms with Crippen LogP contribution < -0.4 is 19.5 Å². The molecule has 0 aliphatic carbocycles. The number of nitrogens with one attached hydrogen (secondary N) is 1. The maximum atomic E-state index is 12.2. The number of ether oxygens (including phenoxy) is 4. The molecule has 1 amide bonds. The van der Waals surface area contributed by atoms with E-state index in [2.05, 4.69) is 5.32 Å². The molecule has 0 spiro atoms. The fourth-order valence-electron chi connectivity index (χ4n) is 2.27. The van der Waals surface area contributed by atoms with E-state index in [9.17, 15) is 9.59 Å². The SMILES string of the molecule is CCOc1ccc(NC(=O)C(C)OC(=O)COc2ccc(OCC)cc2)cc1. The van der Waals surface area contributed by atoms with Crippen LogP contribution in [0.15, 0.2) is 48.5 Å². The molecule has 2 rings (SSSR count). The average molecular weight is 387 g/mol. The lowest BCUT2D eigenvalue weighted by Gasteiger charge is -2.14. The molecule has 0 aromatic heterocycles. The van der Waals surface area contributed by atoms with Crippen LogP contribution in [-0.4, -0.2) is 37.8 Å². The van der Waals surface area contributed by atoms with Gasteiger partial charge < -0.3 is 24.3 Å². The first-order chi connectivity index (χ1) is 13.5. The summed E-state index contributed by atoms with van der Waals surface area (Å²) in [5.41, 5.74) is 0.585. The molecule has 1 N–H and O–H groups in total. The van der Waals surface area contributed by atoms with Gasteiger partial charge in [0, 0.05) is 5.69 Å². The van der Waals surface area contributed by atoms with Crippen LogP contribution in [0.3, 0.4) is 0 Å². The predicted octanol–water partition coefficient (Wildman–Crippen LogP) is 3.43. The fourth-order valence-corrected chi connectivity index (χ4v) is 2.27. The number of benzene rings is 2. The van der Waals surface area contributed by atoms with Gasteiger partial charge in [-0.1, -0.05) is 0 Å². The summed E-state index contributed by atoms with van der Waals surface area (Å²) in [5.74, 6) is 0.872. The van der Waals surface area contributed by atoms with Crippen LogP contribution in [-0.2, 0) is 14.3 Å². The summed E-state index contributed by atoms with van der Waals surface area (Å²) in [6.45, 7) is 6.13. The summed E-state index contributed by atoms with van der Waals surface area (Å²) in [6, 6.07) is 13.8. The highest BCUT2D eigenvalue weighted by atomic mass is 16.6. The minimum absolute atomic E-state index is 0.297. The highest BCUT2D eigenvalue weighted by molar-refractivity contribution is 5.95. The molecule has 7 heteroatoms. The van der Waals surface area contributed by atoms with Crippen LogP contribution in [0.1, 0.15) is 20.8 Å². The first-order valence-corrected chi connectivity index (χ1v) is 9.10. The molecule has 2 aromatic carbocycles. The van der Waals surface area contributed by atoms with E-state index in [1.807, 2.05) is 13.8 Å². The summed E-state index contributed by atoms with van der Waals surface area (Å²) < 4.78 is 21.1. The number of carbonyl (C=O) groups excluding carboxylic acids is 2. The van der Waals surface area contributed by atoms with Gasteiger partial charge in [-0.05, 0) is 69.3 Å². The van der Waals surface area contributed by atoms with Gasteiger partial charge in [0.1, 0.15) is 17.2 Å². The highest BCUT2D eigenvalue weighted by Crippen LogP contribution is 2.18. The molecule has 1 unspecified atom stereocenters. The Morgan fingerprint density at radius 1 is 0.821 bits per heavy atom. The maximum Gasteiger partial charge on any atom is 0.344 e. The van der Waals surface area contributed by atoms with Crippen LogP contribution in [0.4, 0.5) is 5.69 Å². The molecule has 150 valence electrons. The summed E-state index contributed by atoms with van der Waals surface area (Å²) >= 11 is 0. The second kappa shape index (κ2) is 10.8. The van der Waals surface area contributed by atoms with Crippen molar-refractivity contribution in [3.63, 3.8) is 0 Å². The minimum atomic E-state index is -0.956. The zero-order valence-electron chi connectivity index (χ0n) is 16.3. The third kappa shape index (κ3) is 6.83. The topological polar surface area (TPSA) is 83.1 Å². The molecule has 0 aliphatic rings. The normalized spacial score (nSPS) is 11.2. The van der Waals surface area contributed by atoms with Crippen molar-refractivity contribution < 1.29 is 28.5 Å². The molecule has 0 saturated heterocycles. The maximum absolute atomic E-state index is 12.2. The van der Waals surface area contributed by atoms with E-state index in [0.29, 0.717) is 30.4 Å². The number of anilines is 1. The van der Waals surface area contributed by atoms with Crippen LogP contribution in [0.2, 0.25) is 0 Å². The minimum Gasteiger partial charge on any atom is -0.494 e. The largest absolute Gasteiger partial charge is 0.494 e. The van der Waals surface area contributed by atoms with Crippen molar-refractivity contribution in [3.05, 3.63) is 48.5 Å². The van der Waals surface area contributed by atoms with Crippen molar-refractivity contribution in [2.45, 2.75) is 26.9 Å². The van der Waals surface area contributed by atoms with Gasteiger partial charge in [0.05, 0.1) is 13.2 Å². The number of hydrogen-bond acceptors (Lipinski definition) is 6. The summed E-state index contributed by atoms with van der Waals surface area (Å²) in [5, 5.41) is 2.68. The second-order valence-corrected chi connectivity index (χ2v) is 5.77. The molecule has 0 saturated carbocycles. The monoisotopic (exact) mass is 387 g/mol. The Balaban J connectivity index is 1.76. The van der Waals surface area contributed by atoms with Crippen LogP contribution in [0, 0.1) is 0 Å². The van der Waals surface area contributed by atoms with Gasteiger partial charge >= 0.3 is 5.97 Å². The van der Waals surface area contributed by atoms with Crippen LogP contribution in [0.25, 0.3) is 0 Å². The Morgan fingerprint density at radius 2 is 1.29 bits per heavy atom. The standard InChI is InChI=1S/C21H25NO6/c1-4-25-17-8-6-16(7-9-17)22-21(24)15(3)28-20(23)14-27-19-12-10-18(11-13-19)26-5-2/h6-13,15H,4-5,14H2,1-3H3,(H,22,24). The lowest BCUT2D eigenvalue weighted by Crippen LogP contribution is -2.31. The number of amides is 1. The molecule has 0 bridgehead atoms. The van der Waals surface area contributed by atoms with Gasteiger partial charge in [0.2, 0.25) is 0 Å². The van der Waals surface area contributed by atoms with Crippen LogP contribution in [0.5, 0.6) is 17.2 Å². The number of rotatable bonds is 10. The molecule has 0 heterocycles. The van der Waals surface area contributed by atoms with Crippen molar-refractivity contribution in [2.75, 3.05) is 25.1 Å². The Morgan fingerprint density at radius 3 is 1.79 bits per heavy atom.